The summed E-state index contributed by atoms with van der Waals surface area (Å²) in [7, 11) is 3.25. The molecule has 0 bridgehead atoms. The van der Waals surface area contributed by atoms with Crippen molar-refractivity contribution in [2.75, 3.05) is 20.8 Å². The molecule has 4 nitrogen and oxygen atoms in total. The van der Waals surface area contributed by atoms with E-state index in [1.807, 2.05) is 29.6 Å². The van der Waals surface area contributed by atoms with Gasteiger partial charge in [0, 0.05) is 4.88 Å². The molecule has 2 N–H and O–H groups in total. The summed E-state index contributed by atoms with van der Waals surface area (Å²) in [6.07, 6.45) is 0.776. The number of ether oxygens (including phenoxy) is 3. The minimum absolute atomic E-state index is 0.501. The average Bonchev–Trinajstić information content (AvgIpc) is 2.98. The van der Waals surface area contributed by atoms with E-state index in [1.165, 1.54) is 0 Å². The molecule has 0 aliphatic carbocycles. The molecule has 0 atom stereocenters. The first-order valence-corrected chi connectivity index (χ1v) is 7.26. The summed E-state index contributed by atoms with van der Waals surface area (Å²) in [5, 5.41) is 2.03. The molecule has 0 saturated heterocycles. The highest BCUT2D eigenvalue weighted by molar-refractivity contribution is 7.09. The Morgan fingerprint density at radius 2 is 1.85 bits per heavy atom. The minimum atomic E-state index is 0.501. The average molecular weight is 293 g/mol. The van der Waals surface area contributed by atoms with Crippen molar-refractivity contribution in [2.45, 2.75) is 13.0 Å². The molecular formula is C15H19NO3S. The van der Waals surface area contributed by atoms with E-state index in [2.05, 4.69) is 0 Å². The summed E-state index contributed by atoms with van der Waals surface area (Å²) in [6, 6.07) is 7.92. The quantitative estimate of drug-likeness (QED) is 0.853. The van der Waals surface area contributed by atoms with Gasteiger partial charge in [-0.25, -0.2) is 0 Å². The first-order valence-electron chi connectivity index (χ1n) is 6.38. The van der Waals surface area contributed by atoms with Crippen LogP contribution in [0.3, 0.4) is 0 Å². The Labute approximate surface area is 123 Å². The Hall–Kier alpha value is -1.72. The SMILES string of the molecule is COc1cc(CCN)cc(OC)c1OCc1cccs1. The number of hydrogen-bond donors (Lipinski definition) is 1. The maximum atomic E-state index is 5.86. The normalized spacial score (nSPS) is 10.3. The monoisotopic (exact) mass is 293 g/mol. The fourth-order valence-corrected chi connectivity index (χ4v) is 2.54. The molecule has 20 heavy (non-hydrogen) atoms. The molecule has 0 spiro atoms. The summed E-state index contributed by atoms with van der Waals surface area (Å²) in [5.41, 5.74) is 6.67. The van der Waals surface area contributed by atoms with Crippen molar-refractivity contribution in [3.05, 3.63) is 40.1 Å². The number of hydrogen-bond acceptors (Lipinski definition) is 5. The highest BCUT2D eigenvalue weighted by Gasteiger charge is 2.14. The molecule has 1 heterocycles. The molecule has 108 valence electrons. The molecule has 0 amide bonds. The summed E-state index contributed by atoms with van der Waals surface area (Å²) in [5.74, 6) is 1.97. The fraction of sp³-hybridized carbons (Fsp3) is 0.333. The number of rotatable bonds is 7. The van der Waals surface area contributed by atoms with E-state index in [1.54, 1.807) is 25.6 Å². The Balaban J connectivity index is 2.24. The Morgan fingerprint density at radius 3 is 2.35 bits per heavy atom. The Kier molecular flexibility index (Phi) is 5.26. The first-order chi connectivity index (χ1) is 9.78. The van der Waals surface area contributed by atoms with Crippen LogP contribution in [0.1, 0.15) is 10.4 Å². The van der Waals surface area contributed by atoms with Crippen LogP contribution in [0.25, 0.3) is 0 Å². The van der Waals surface area contributed by atoms with Gasteiger partial charge in [0.05, 0.1) is 14.2 Å². The maximum absolute atomic E-state index is 5.86. The molecular weight excluding hydrogens is 274 g/mol. The van der Waals surface area contributed by atoms with Crippen LogP contribution in [0.4, 0.5) is 0 Å². The van der Waals surface area contributed by atoms with Crippen LogP contribution < -0.4 is 19.9 Å². The molecule has 0 fully saturated rings. The molecule has 0 saturated carbocycles. The second kappa shape index (κ2) is 7.17. The van der Waals surface area contributed by atoms with Crippen LogP contribution in [0.15, 0.2) is 29.6 Å². The van der Waals surface area contributed by atoms with E-state index < -0.39 is 0 Å². The number of methoxy groups -OCH3 is 2. The van der Waals surface area contributed by atoms with E-state index in [9.17, 15) is 0 Å². The number of nitrogens with two attached hydrogens (primary N) is 1. The van der Waals surface area contributed by atoms with Gasteiger partial charge in [-0.1, -0.05) is 6.07 Å². The largest absolute Gasteiger partial charge is 0.493 e. The smallest absolute Gasteiger partial charge is 0.203 e. The van der Waals surface area contributed by atoms with Gasteiger partial charge in [-0.15, -0.1) is 11.3 Å². The second-order valence-electron chi connectivity index (χ2n) is 4.24. The van der Waals surface area contributed by atoms with Crippen LogP contribution in [-0.2, 0) is 13.0 Å². The number of thiophene rings is 1. The van der Waals surface area contributed by atoms with Crippen molar-refractivity contribution in [3.63, 3.8) is 0 Å². The topological polar surface area (TPSA) is 53.7 Å². The molecule has 1 aromatic heterocycles. The zero-order chi connectivity index (χ0) is 14.4. The van der Waals surface area contributed by atoms with Gasteiger partial charge in [0.1, 0.15) is 6.61 Å². The lowest BCUT2D eigenvalue weighted by Gasteiger charge is -2.15. The van der Waals surface area contributed by atoms with Gasteiger partial charge in [-0.2, -0.15) is 0 Å². The first kappa shape index (κ1) is 14.7. The molecule has 1 aromatic carbocycles. The lowest BCUT2D eigenvalue weighted by atomic mass is 10.1. The fourth-order valence-electron chi connectivity index (χ4n) is 1.93. The van der Waals surface area contributed by atoms with E-state index in [4.69, 9.17) is 19.9 Å². The molecule has 0 radical (unpaired) electrons. The van der Waals surface area contributed by atoms with Gasteiger partial charge in [-0.05, 0) is 42.1 Å². The zero-order valence-corrected chi connectivity index (χ0v) is 12.5. The van der Waals surface area contributed by atoms with Gasteiger partial charge in [-0.3, -0.25) is 0 Å². The highest BCUT2D eigenvalue weighted by atomic mass is 32.1. The molecule has 2 rings (SSSR count). The Bertz CT molecular complexity index is 515. The molecule has 5 heteroatoms. The van der Waals surface area contributed by atoms with E-state index in [0.29, 0.717) is 30.4 Å². The molecule has 2 aromatic rings. The molecule has 0 aliphatic rings. The van der Waals surface area contributed by atoms with Crippen LogP contribution >= 0.6 is 11.3 Å². The van der Waals surface area contributed by atoms with Gasteiger partial charge in [0.15, 0.2) is 11.5 Å². The lowest BCUT2D eigenvalue weighted by Crippen LogP contribution is -2.05. The lowest BCUT2D eigenvalue weighted by molar-refractivity contribution is 0.268. The molecule has 0 unspecified atom stereocenters. The predicted molar refractivity (Wildman–Crippen MR) is 81.0 cm³/mol. The molecule has 0 aliphatic heterocycles. The van der Waals surface area contributed by atoms with Gasteiger partial charge in [0.2, 0.25) is 5.75 Å². The van der Waals surface area contributed by atoms with E-state index >= 15 is 0 Å². The van der Waals surface area contributed by atoms with Gasteiger partial charge < -0.3 is 19.9 Å². The van der Waals surface area contributed by atoms with Crippen LogP contribution in [0.2, 0.25) is 0 Å². The summed E-state index contributed by atoms with van der Waals surface area (Å²) in [6.45, 7) is 1.09. The van der Waals surface area contributed by atoms with Crippen molar-refractivity contribution >= 4 is 11.3 Å². The summed E-state index contributed by atoms with van der Waals surface area (Å²) >= 11 is 1.66. The third kappa shape index (κ3) is 3.43. The predicted octanol–water partition coefficient (Wildman–Crippen LogP) is 2.85. The Morgan fingerprint density at radius 1 is 1.15 bits per heavy atom. The summed E-state index contributed by atoms with van der Waals surface area (Å²) in [4.78, 5) is 1.15. The highest BCUT2D eigenvalue weighted by Crippen LogP contribution is 2.39. The van der Waals surface area contributed by atoms with Gasteiger partial charge in [0.25, 0.3) is 0 Å². The standard InChI is InChI=1S/C15H19NO3S/c1-17-13-8-11(5-6-16)9-14(18-2)15(13)19-10-12-4-3-7-20-12/h3-4,7-9H,5-6,10,16H2,1-2H3. The van der Waals surface area contributed by atoms with Crippen molar-refractivity contribution < 1.29 is 14.2 Å². The summed E-state index contributed by atoms with van der Waals surface area (Å²) < 4.78 is 16.7. The van der Waals surface area contributed by atoms with Crippen molar-refractivity contribution in [2.24, 2.45) is 5.73 Å². The zero-order valence-electron chi connectivity index (χ0n) is 11.7. The van der Waals surface area contributed by atoms with Crippen molar-refractivity contribution in [1.82, 2.24) is 0 Å². The van der Waals surface area contributed by atoms with Crippen LogP contribution in [0.5, 0.6) is 17.2 Å². The maximum Gasteiger partial charge on any atom is 0.203 e. The van der Waals surface area contributed by atoms with E-state index in [-0.39, 0.29) is 0 Å². The number of benzene rings is 1. The van der Waals surface area contributed by atoms with Crippen molar-refractivity contribution in [1.29, 1.82) is 0 Å². The second-order valence-corrected chi connectivity index (χ2v) is 5.27. The third-order valence-corrected chi connectivity index (χ3v) is 3.74. The van der Waals surface area contributed by atoms with Crippen LogP contribution in [-0.4, -0.2) is 20.8 Å². The van der Waals surface area contributed by atoms with E-state index in [0.717, 1.165) is 16.9 Å². The van der Waals surface area contributed by atoms with Gasteiger partial charge >= 0.3 is 0 Å². The third-order valence-electron chi connectivity index (χ3n) is 2.89. The van der Waals surface area contributed by atoms with Crippen LogP contribution in [0, 0.1) is 0 Å². The van der Waals surface area contributed by atoms with Crippen molar-refractivity contribution in [3.8, 4) is 17.2 Å². The minimum Gasteiger partial charge on any atom is -0.493 e.